The topological polar surface area (TPSA) is 12.0 Å². The van der Waals surface area contributed by atoms with Crippen LogP contribution in [0.5, 0.6) is 0 Å². The minimum absolute atomic E-state index is 0.444. The van der Waals surface area contributed by atoms with Crippen LogP contribution in [0, 0.1) is 6.92 Å². The van der Waals surface area contributed by atoms with E-state index < -0.39 is 0 Å². The van der Waals surface area contributed by atoms with Gasteiger partial charge in [0.15, 0.2) is 0 Å². The molecule has 0 saturated heterocycles. The second-order valence-corrected chi connectivity index (χ2v) is 5.86. The highest BCUT2D eigenvalue weighted by Gasteiger charge is 2.22. The molecule has 3 rings (SSSR count). The zero-order valence-electron chi connectivity index (χ0n) is 10.4. The van der Waals surface area contributed by atoms with E-state index in [1.54, 1.807) is 0 Å². The third-order valence-corrected chi connectivity index (χ3v) is 4.04. The molecule has 2 heteroatoms. The average molecular weight is 302 g/mol. The Morgan fingerprint density at radius 1 is 1.17 bits per heavy atom. The van der Waals surface area contributed by atoms with Crippen LogP contribution < -0.4 is 5.32 Å². The standard InChI is InChI=1S/C16H16BrN/c1-11-3-2-4-14(9-11)18-16-8-6-12-5-7-13(17)10-15(12)16/h2-5,7,9-10,16,18H,6,8H2,1H3. The number of nitrogens with one attached hydrogen (secondary N) is 1. The molecule has 2 aromatic rings. The van der Waals surface area contributed by atoms with Crippen molar-refractivity contribution in [2.75, 3.05) is 5.32 Å². The zero-order valence-corrected chi connectivity index (χ0v) is 12.0. The smallest absolute Gasteiger partial charge is 0.0520 e. The number of aryl methyl sites for hydroxylation is 2. The zero-order chi connectivity index (χ0) is 12.5. The Morgan fingerprint density at radius 3 is 2.89 bits per heavy atom. The lowest BCUT2D eigenvalue weighted by atomic mass is 10.1. The third kappa shape index (κ3) is 2.30. The summed E-state index contributed by atoms with van der Waals surface area (Å²) in [5.41, 5.74) is 5.43. The van der Waals surface area contributed by atoms with Crippen molar-refractivity contribution in [2.45, 2.75) is 25.8 Å². The number of hydrogen-bond acceptors (Lipinski definition) is 1. The molecule has 0 aromatic heterocycles. The first-order valence-corrected chi connectivity index (χ1v) is 7.13. The molecule has 0 heterocycles. The molecule has 92 valence electrons. The summed E-state index contributed by atoms with van der Waals surface area (Å²) in [6, 6.07) is 15.6. The Bertz CT molecular complexity index is 577. The fraction of sp³-hybridized carbons (Fsp3) is 0.250. The molecule has 1 nitrogen and oxygen atoms in total. The van der Waals surface area contributed by atoms with Crippen LogP contribution in [-0.2, 0) is 6.42 Å². The Morgan fingerprint density at radius 2 is 2.06 bits per heavy atom. The first kappa shape index (κ1) is 11.8. The summed E-state index contributed by atoms with van der Waals surface area (Å²) in [6.45, 7) is 2.13. The van der Waals surface area contributed by atoms with E-state index in [1.165, 1.54) is 39.7 Å². The second kappa shape index (κ2) is 4.77. The maximum absolute atomic E-state index is 3.64. The summed E-state index contributed by atoms with van der Waals surface area (Å²) in [7, 11) is 0. The molecular formula is C16H16BrN. The fourth-order valence-corrected chi connectivity index (χ4v) is 3.04. The number of anilines is 1. The molecule has 18 heavy (non-hydrogen) atoms. The molecule has 0 saturated carbocycles. The summed E-state index contributed by atoms with van der Waals surface area (Å²) < 4.78 is 1.17. The maximum atomic E-state index is 3.64. The van der Waals surface area contributed by atoms with E-state index in [0.717, 1.165) is 0 Å². The molecule has 1 atom stereocenters. The number of halogens is 1. The maximum Gasteiger partial charge on any atom is 0.0520 e. The largest absolute Gasteiger partial charge is 0.378 e. The van der Waals surface area contributed by atoms with Crippen molar-refractivity contribution in [3.8, 4) is 0 Å². The van der Waals surface area contributed by atoms with Crippen LogP contribution in [0.2, 0.25) is 0 Å². The van der Waals surface area contributed by atoms with Gasteiger partial charge >= 0.3 is 0 Å². The highest BCUT2D eigenvalue weighted by atomic mass is 79.9. The molecule has 1 aliphatic carbocycles. The van der Waals surface area contributed by atoms with Crippen molar-refractivity contribution < 1.29 is 0 Å². The first-order chi connectivity index (χ1) is 8.72. The predicted molar refractivity (Wildman–Crippen MR) is 80.0 cm³/mol. The monoisotopic (exact) mass is 301 g/mol. The quantitative estimate of drug-likeness (QED) is 0.835. The molecule has 1 unspecified atom stereocenters. The lowest BCUT2D eigenvalue weighted by molar-refractivity contribution is 0.762. The van der Waals surface area contributed by atoms with Crippen molar-refractivity contribution in [1.29, 1.82) is 0 Å². The van der Waals surface area contributed by atoms with Gasteiger partial charge in [-0.15, -0.1) is 0 Å². The van der Waals surface area contributed by atoms with Gasteiger partial charge in [-0.25, -0.2) is 0 Å². The van der Waals surface area contributed by atoms with Crippen LogP contribution >= 0.6 is 15.9 Å². The normalized spacial score (nSPS) is 17.6. The Labute approximate surface area is 116 Å². The van der Waals surface area contributed by atoms with Crippen LogP contribution in [0.15, 0.2) is 46.9 Å². The Kier molecular flexibility index (Phi) is 3.13. The van der Waals surface area contributed by atoms with Crippen LogP contribution in [0.4, 0.5) is 5.69 Å². The lowest BCUT2D eigenvalue weighted by Crippen LogP contribution is -2.07. The molecule has 0 amide bonds. The van der Waals surface area contributed by atoms with Crippen LogP contribution in [-0.4, -0.2) is 0 Å². The highest BCUT2D eigenvalue weighted by Crippen LogP contribution is 2.35. The Balaban J connectivity index is 1.86. The molecule has 1 N–H and O–H groups in total. The van der Waals surface area contributed by atoms with Crippen LogP contribution in [0.3, 0.4) is 0 Å². The second-order valence-electron chi connectivity index (χ2n) is 4.95. The van der Waals surface area contributed by atoms with Gasteiger partial charge in [-0.05, 0) is 60.7 Å². The van der Waals surface area contributed by atoms with Gasteiger partial charge in [-0.3, -0.25) is 0 Å². The first-order valence-electron chi connectivity index (χ1n) is 6.34. The van der Waals surface area contributed by atoms with Gasteiger partial charge in [0.1, 0.15) is 0 Å². The van der Waals surface area contributed by atoms with Crippen molar-refractivity contribution in [3.05, 3.63) is 63.6 Å². The highest BCUT2D eigenvalue weighted by molar-refractivity contribution is 9.10. The summed E-state index contributed by atoms with van der Waals surface area (Å²) in [4.78, 5) is 0. The average Bonchev–Trinajstić information content (AvgIpc) is 2.72. The van der Waals surface area contributed by atoms with Gasteiger partial charge in [0, 0.05) is 10.2 Å². The van der Waals surface area contributed by atoms with E-state index in [2.05, 4.69) is 70.6 Å². The van der Waals surface area contributed by atoms with E-state index >= 15 is 0 Å². The van der Waals surface area contributed by atoms with E-state index in [9.17, 15) is 0 Å². The van der Waals surface area contributed by atoms with Crippen molar-refractivity contribution >= 4 is 21.6 Å². The molecule has 0 fully saturated rings. The molecule has 0 aliphatic heterocycles. The summed E-state index contributed by atoms with van der Waals surface area (Å²) in [6.07, 6.45) is 2.35. The van der Waals surface area contributed by atoms with Crippen molar-refractivity contribution in [1.82, 2.24) is 0 Å². The predicted octanol–water partition coefficient (Wildman–Crippen LogP) is 4.86. The lowest BCUT2D eigenvalue weighted by Gasteiger charge is -2.16. The number of benzene rings is 2. The van der Waals surface area contributed by atoms with Gasteiger partial charge in [0.05, 0.1) is 6.04 Å². The van der Waals surface area contributed by atoms with E-state index in [-0.39, 0.29) is 0 Å². The van der Waals surface area contributed by atoms with Gasteiger partial charge in [-0.2, -0.15) is 0 Å². The van der Waals surface area contributed by atoms with E-state index in [4.69, 9.17) is 0 Å². The molecule has 0 spiro atoms. The molecular weight excluding hydrogens is 286 g/mol. The summed E-state index contributed by atoms with van der Waals surface area (Å²) in [5.74, 6) is 0. The van der Waals surface area contributed by atoms with E-state index in [1.807, 2.05) is 0 Å². The van der Waals surface area contributed by atoms with Crippen molar-refractivity contribution in [2.24, 2.45) is 0 Å². The molecule has 1 aliphatic rings. The Hall–Kier alpha value is -1.28. The SMILES string of the molecule is Cc1cccc(NC2CCc3ccc(Br)cc32)c1. The molecule has 0 radical (unpaired) electrons. The minimum Gasteiger partial charge on any atom is -0.378 e. The van der Waals surface area contributed by atoms with Gasteiger partial charge in [0.25, 0.3) is 0 Å². The summed E-state index contributed by atoms with van der Waals surface area (Å²) in [5, 5.41) is 3.64. The molecule has 0 bridgehead atoms. The van der Waals surface area contributed by atoms with E-state index in [0.29, 0.717) is 6.04 Å². The van der Waals surface area contributed by atoms with Crippen LogP contribution in [0.1, 0.15) is 29.2 Å². The number of fused-ring (bicyclic) bond motifs is 1. The third-order valence-electron chi connectivity index (χ3n) is 3.54. The summed E-state index contributed by atoms with van der Waals surface area (Å²) >= 11 is 3.56. The minimum atomic E-state index is 0.444. The van der Waals surface area contributed by atoms with Gasteiger partial charge < -0.3 is 5.32 Å². The van der Waals surface area contributed by atoms with Gasteiger partial charge in [-0.1, -0.05) is 34.1 Å². The van der Waals surface area contributed by atoms with Crippen LogP contribution in [0.25, 0.3) is 0 Å². The number of rotatable bonds is 2. The molecule has 2 aromatic carbocycles. The van der Waals surface area contributed by atoms with Gasteiger partial charge in [0.2, 0.25) is 0 Å². The fourth-order valence-electron chi connectivity index (χ4n) is 2.66. The van der Waals surface area contributed by atoms with Crippen molar-refractivity contribution in [3.63, 3.8) is 0 Å². The number of hydrogen-bond donors (Lipinski definition) is 1.